The monoisotopic (exact) mass is 327 g/mol. The van der Waals surface area contributed by atoms with Crippen molar-refractivity contribution in [1.29, 1.82) is 0 Å². The molecule has 0 spiro atoms. The van der Waals surface area contributed by atoms with Crippen molar-refractivity contribution in [2.24, 2.45) is 13.0 Å². The van der Waals surface area contributed by atoms with E-state index in [1.165, 1.54) is 24.8 Å². The molecule has 5 heteroatoms. The number of piperidine rings is 1. The zero-order chi connectivity index (χ0) is 16.5. The van der Waals surface area contributed by atoms with E-state index in [1.54, 1.807) is 7.11 Å². The van der Waals surface area contributed by atoms with Crippen LogP contribution in [0, 0.1) is 5.92 Å². The number of ether oxygens (including phenoxy) is 2. The number of aryl methyl sites for hydroxylation is 1. The molecule has 1 aliphatic heterocycles. The van der Waals surface area contributed by atoms with Gasteiger partial charge in [-0.3, -0.25) is 9.58 Å². The highest BCUT2D eigenvalue weighted by atomic mass is 16.5. The van der Waals surface area contributed by atoms with Gasteiger partial charge in [-0.05, 0) is 49.4 Å². The summed E-state index contributed by atoms with van der Waals surface area (Å²) in [4.78, 5) is 2.63. The van der Waals surface area contributed by atoms with E-state index in [1.807, 2.05) is 42.2 Å². The van der Waals surface area contributed by atoms with Crippen LogP contribution >= 0.6 is 0 Å². The van der Waals surface area contributed by atoms with Crippen LogP contribution in [0.15, 0.2) is 36.7 Å². The van der Waals surface area contributed by atoms with Crippen LogP contribution in [0.5, 0.6) is 11.5 Å². The molecule has 1 saturated heterocycles. The van der Waals surface area contributed by atoms with Crippen molar-refractivity contribution < 1.29 is 9.47 Å². The summed E-state index contributed by atoms with van der Waals surface area (Å²) >= 11 is 0. The van der Waals surface area contributed by atoms with Crippen LogP contribution < -0.4 is 9.47 Å². The highest BCUT2D eigenvalue weighted by molar-refractivity contribution is 5.31. The topological polar surface area (TPSA) is 39.5 Å². The molecule has 2 bridgehead atoms. The lowest BCUT2D eigenvalue weighted by Crippen LogP contribution is -2.43. The first-order valence-corrected chi connectivity index (χ1v) is 8.73. The van der Waals surface area contributed by atoms with Gasteiger partial charge in [0, 0.05) is 37.4 Å². The van der Waals surface area contributed by atoms with Crippen molar-refractivity contribution in [2.45, 2.75) is 37.9 Å². The number of hydrogen-bond donors (Lipinski definition) is 0. The molecule has 5 nitrogen and oxygen atoms in total. The quantitative estimate of drug-likeness (QED) is 0.818. The lowest BCUT2D eigenvalue weighted by atomic mass is 9.99. The molecule has 24 heavy (non-hydrogen) atoms. The molecule has 1 aromatic heterocycles. The third kappa shape index (κ3) is 3.00. The van der Waals surface area contributed by atoms with Crippen LogP contribution in [0.4, 0.5) is 0 Å². The van der Waals surface area contributed by atoms with Gasteiger partial charge in [0.15, 0.2) is 0 Å². The predicted octanol–water partition coefficient (Wildman–Crippen LogP) is 2.86. The second-order valence-corrected chi connectivity index (χ2v) is 6.98. The highest BCUT2D eigenvalue weighted by Crippen LogP contribution is 2.43. The minimum Gasteiger partial charge on any atom is -0.497 e. The molecular weight excluding hydrogens is 302 g/mol. The molecule has 128 valence electrons. The van der Waals surface area contributed by atoms with Crippen molar-refractivity contribution in [2.75, 3.05) is 13.7 Å². The number of aromatic nitrogens is 2. The summed E-state index contributed by atoms with van der Waals surface area (Å²) in [6.45, 7) is 1.74. The molecule has 0 unspecified atom stereocenters. The van der Waals surface area contributed by atoms with Gasteiger partial charge >= 0.3 is 0 Å². The average molecular weight is 327 g/mol. The lowest BCUT2D eigenvalue weighted by molar-refractivity contribution is 0.0867. The van der Waals surface area contributed by atoms with Crippen LogP contribution in [0.25, 0.3) is 0 Å². The molecule has 2 fully saturated rings. The van der Waals surface area contributed by atoms with Crippen LogP contribution in [-0.4, -0.2) is 40.5 Å². The fraction of sp³-hybridized carbons (Fsp3) is 0.526. The van der Waals surface area contributed by atoms with Gasteiger partial charge in [0.2, 0.25) is 0 Å². The lowest BCUT2D eigenvalue weighted by Gasteiger charge is -2.34. The maximum Gasteiger partial charge on any atom is 0.119 e. The van der Waals surface area contributed by atoms with Crippen molar-refractivity contribution in [1.82, 2.24) is 14.7 Å². The van der Waals surface area contributed by atoms with Crippen LogP contribution in [0.2, 0.25) is 0 Å². The van der Waals surface area contributed by atoms with E-state index >= 15 is 0 Å². The molecule has 0 N–H and O–H groups in total. The molecule has 3 atom stereocenters. The summed E-state index contributed by atoms with van der Waals surface area (Å²) in [6.07, 6.45) is 8.08. The summed E-state index contributed by atoms with van der Waals surface area (Å²) in [7, 11) is 3.66. The van der Waals surface area contributed by atoms with Crippen LogP contribution in [0.1, 0.15) is 24.8 Å². The summed E-state index contributed by atoms with van der Waals surface area (Å²) < 4.78 is 13.2. The van der Waals surface area contributed by atoms with E-state index in [0.717, 1.165) is 30.6 Å². The van der Waals surface area contributed by atoms with Crippen molar-refractivity contribution in [3.63, 3.8) is 0 Å². The number of methoxy groups -OCH3 is 1. The largest absolute Gasteiger partial charge is 0.497 e. The van der Waals surface area contributed by atoms with Gasteiger partial charge in [-0.25, -0.2) is 0 Å². The third-order valence-corrected chi connectivity index (χ3v) is 5.49. The SMILES string of the molecule is COc1ccc(OC[C@@H]2[C@H]3CC[C@@H](C3)N2Cc2cnn(C)c2)cc1. The van der Waals surface area contributed by atoms with Gasteiger partial charge < -0.3 is 9.47 Å². The van der Waals surface area contributed by atoms with Crippen LogP contribution in [-0.2, 0) is 13.6 Å². The zero-order valence-corrected chi connectivity index (χ0v) is 14.4. The Kier molecular flexibility index (Phi) is 4.19. The predicted molar refractivity (Wildman–Crippen MR) is 92.2 cm³/mol. The Morgan fingerprint density at radius 1 is 1.17 bits per heavy atom. The Morgan fingerprint density at radius 2 is 1.96 bits per heavy atom. The second-order valence-electron chi connectivity index (χ2n) is 6.98. The summed E-state index contributed by atoms with van der Waals surface area (Å²) in [5, 5.41) is 4.30. The Hall–Kier alpha value is -2.01. The second kappa shape index (κ2) is 6.48. The maximum absolute atomic E-state index is 6.10. The number of rotatable bonds is 6. The Labute approximate surface area is 143 Å². The van der Waals surface area contributed by atoms with E-state index < -0.39 is 0 Å². The third-order valence-electron chi connectivity index (χ3n) is 5.49. The smallest absolute Gasteiger partial charge is 0.119 e. The maximum atomic E-state index is 6.10. The Morgan fingerprint density at radius 3 is 2.67 bits per heavy atom. The fourth-order valence-electron chi connectivity index (χ4n) is 4.28. The van der Waals surface area contributed by atoms with Gasteiger partial charge in [-0.2, -0.15) is 5.10 Å². The molecule has 0 radical (unpaired) electrons. The summed E-state index contributed by atoms with van der Waals surface area (Å²) in [6, 6.07) is 9.08. The number of likely N-dealkylation sites (tertiary alicyclic amines) is 1. The molecule has 2 aromatic rings. The van der Waals surface area contributed by atoms with E-state index in [0.29, 0.717) is 12.1 Å². The van der Waals surface area contributed by atoms with E-state index in [-0.39, 0.29) is 0 Å². The van der Waals surface area contributed by atoms with Gasteiger partial charge in [0.25, 0.3) is 0 Å². The van der Waals surface area contributed by atoms with Crippen molar-refractivity contribution in [3.8, 4) is 11.5 Å². The van der Waals surface area contributed by atoms with E-state index in [2.05, 4.69) is 16.2 Å². The Balaban J connectivity index is 1.41. The van der Waals surface area contributed by atoms with E-state index in [9.17, 15) is 0 Å². The number of benzene rings is 1. The molecular formula is C19H25N3O2. The van der Waals surface area contributed by atoms with E-state index in [4.69, 9.17) is 9.47 Å². The van der Waals surface area contributed by atoms with Crippen molar-refractivity contribution in [3.05, 3.63) is 42.2 Å². The highest BCUT2D eigenvalue weighted by Gasteiger charge is 2.45. The standard InChI is InChI=1S/C19H25N3O2/c1-21-11-14(10-20-21)12-22-16-4-3-15(9-16)19(22)13-24-18-7-5-17(23-2)6-8-18/h5-8,10-11,15-16,19H,3-4,9,12-13H2,1-2H3/t15-,16-,19+/m0/s1. The first-order chi connectivity index (χ1) is 11.7. The van der Waals surface area contributed by atoms with Crippen molar-refractivity contribution >= 4 is 0 Å². The first kappa shape index (κ1) is 15.5. The molecule has 2 aliphatic rings. The van der Waals surface area contributed by atoms with Gasteiger partial charge in [-0.1, -0.05) is 0 Å². The number of fused-ring (bicyclic) bond motifs is 2. The summed E-state index contributed by atoms with van der Waals surface area (Å²) in [5.41, 5.74) is 1.29. The minimum atomic E-state index is 0.506. The minimum absolute atomic E-state index is 0.506. The molecule has 2 heterocycles. The average Bonchev–Trinajstić information content (AvgIpc) is 3.31. The number of nitrogens with zero attached hydrogens (tertiary/aromatic N) is 3. The van der Waals surface area contributed by atoms with Gasteiger partial charge in [0.05, 0.1) is 13.3 Å². The zero-order valence-electron chi connectivity index (χ0n) is 14.4. The first-order valence-electron chi connectivity index (χ1n) is 8.73. The molecule has 4 rings (SSSR count). The van der Waals surface area contributed by atoms with Gasteiger partial charge in [-0.15, -0.1) is 0 Å². The molecule has 0 amide bonds. The molecule has 1 aromatic carbocycles. The fourth-order valence-corrected chi connectivity index (χ4v) is 4.28. The summed E-state index contributed by atoms with van der Waals surface area (Å²) in [5.74, 6) is 2.55. The molecule has 1 saturated carbocycles. The Bertz CT molecular complexity index is 682. The number of hydrogen-bond acceptors (Lipinski definition) is 4. The van der Waals surface area contributed by atoms with Crippen LogP contribution in [0.3, 0.4) is 0 Å². The van der Waals surface area contributed by atoms with Gasteiger partial charge in [0.1, 0.15) is 18.1 Å². The molecule has 1 aliphatic carbocycles. The normalized spacial score (nSPS) is 26.0.